The van der Waals surface area contributed by atoms with Crippen LogP contribution in [0, 0.1) is 6.92 Å². The van der Waals surface area contributed by atoms with Gasteiger partial charge in [0.2, 0.25) is 0 Å². The van der Waals surface area contributed by atoms with Crippen molar-refractivity contribution in [2.45, 2.75) is 20.3 Å². The number of carboxylic acids is 1. The number of phenols is 2. The van der Waals surface area contributed by atoms with Gasteiger partial charge in [0.05, 0.1) is 0 Å². The standard InChI is InChI=1S/C14H16O4/c1-4-5-11(14(17)18)8(2)10-6-7-12(15)13(16)9(10)3/h4,6-7,15-16H,1,5H2,2-3H3,(H,17,18)/b11-8+. The molecule has 18 heavy (non-hydrogen) atoms. The molecular weight excluding hydrogens is 232 g/mol. The first kappa shape index (κ1) is 13.8. The fourth-order valence-corrected chi connectivity index (χ4v) is 1.80. The highest BCUT2D eigenvalue weighted by molar-refractivity contribution is 5.96. The summed E-state index contributed by atoms with van der Waals surface area (Å²) in [5.74, 6) is -1.46. The minimum atomic E-state index is -1.01. The Kier molecular flexibility index (Phi) is 4.15. The third-order valence-corrected chi connectivity index (χ3v) is 2.87. The van der Waals surface area contributed by atoms with Crippen LogP contribution in [-0.4, -0.2) is 21.3 Å². The number of benzene rings is 1. The largest absolute Gasteiger partial charge is 0.504 e. The molecule has 0 saturated heterocycles. The first-order chi connectivity index (χ1) is 8.40. The number of hydrogen-bond acceptors (Lipinski definition) is 3. The van der Waals surface area contributed by atoms with Gasteiger partial charge >= 0.3 is 5.97 Å². The van der Waals surface area contributed by atoms with E-state index in [9.17, 15) is 15.0 Å². The Labute approximate surface area is 106 Å². The highest BCUT2D eigenvalue weighted by atomic mass is 16.4. The van der Waals surface area contributed by atoms with E-state index in [2.05, 4.69) is 6.58 Å². The maximum absolute atomic E-state index is 11.1. The summed E-state index contributed by atoms with van der Waals surface area (Å²) in [5, 5.41) is 28.1. The maximum Gasteiger partial charge on any atom is 0.332 e. The zero-order valence-electron chi connectivity index (χ0n) is 10.4. The fraction of sp³-hybridized carbons (Fsp3) is 0.214. The second kappa shape index (κ2) is 5.40. The van der Waals surface area contributed by atoms with Gasteiger partial charge in [0, 0.05) is 11.1 Å². The molecule has 4 heteroatoms. The lowest BCUT2D eigenvalue weighted by molar-refractivity contribution is -0.132. The molecule has 96 valence electrons. The number of carboxylic acid groups (broad SMARTS) is 1. The van der Waals surface area contributed by atoms with Gasteiger partial charge in [-0.05, 0) is 37.5 Å². The molecule has 0 aliphatic rings. The highest BCUT2D eigenvalue weighted by Crippen LogP contribution is 2.35. The topological polar surface area (TPSA) is 77.8 Å². The molecule has 0 amide bonds. The van der Waals surface area contributed by atoms with Crippen molar-refractivity contribution in [3.05, 3.63) is 41.5 Å². The van der Waals surface area contributed by atoms with E-state index in [0.29, 0.717) is 16.7 Å². The molecule has 0 bridgehead atoms. The van der Waals surface area contributed by atoms with Crippen molar-refractivity contribution in [2.24, 2.45) is 0 Å². The highest BCUT2D eigenvalue weighted by Gasteiger charge is 2.15. The molecule has 0 fully saturated rings. The van der Waals surface area contributed by atoms with Crippen LogP contribution in [0.1, 0.15) is 24.5 Å². The number of phenolic OH excluding ortho intramolecular Hbond substituents is 2. The smallest absolute Gasteiger partial charge is 0.332 e. The van der Waals surface area contributed by atoms with Gasteiger partial charge in [0.1, 0.15) is 0 Å². The van der Waals surface area contributed by atoms with E-state index in [0.717, 1.165) is 0 Å². The summed E-state index contributed by atoms with van der Waals surface area (Å²) >= 11 is 0. The molecule has 0 aliphatic carbocycles. The van der Waals surface area contributed by atoms with Crippen LogP contribution in [0.15, 0.2) is 30.4 Å². The van der Waals surface area contributed by atoms with Crippen LogP contribution >= 0.6 is 0 Å². The van der Waals surface area contributed by atoms with Gasteiger partial charge in [-0.15, -0.1) is 6.58 Å². The molecule has 0 aliphatic heterocycles. The SMILES string of the molecule is C=CC/C(C(=O)O)=C(/C)c1ccc(O)c(O)c1C. The summed E-state index contributed by atoms with van der Waals surface area (Å²) in [5.41, 5.74) is 1.83. The van der Waals surface area contributed by atoms with E-state index in [4.69, 9.17) is 5.11 Å². The van der Waals surface area contributed by atoms with Crippen molar-refractivity contribution in [1.82, 2.24) is 0 Å². The lowest BCUT2D eigenvalue weighted by Gasteiger charge is -2.12. The summed E-state index contributed by atoms with van der Waals surface area (Å²) in [4.78, 5) is 11.1. The Morgan fingerprint density at radius 2 is 2.00 bits per heavy atom. The van der Waals surface area contributed by atoms with Crippen LogP contribution in [0.2, 0.25) is 0 Å². The summed E-state index contributed by atoms with van der Waals surface area (Å²) < 4.78 is 0. The molecular formula is C14H16O4. The Balaban J connectivity index is 3.45. The Morgan fingerprint density at radius 1 is 1.39 bits per heavy atom. The molecule has 3 N–H and O–H groups in total. The van der Waals surface area contributed by atoms with Crippen LogP contribution in [0.3, 0.4) is 0 Å². The fourth-order valence-electron chi connectivity index (χ4n) is 1.80. The Bertz CT molecular complexity index is 527. The van der Waals surface area contributed by atoms with E-state index in [-0.39, 0.29) is 23.5 Å². The second-order valence-corrected chi connectivity index (χ2v) is 4.01. The molecule has 0 atom stereocenters. The minimum absolute atomic E-state index is 0.218. The molecule has 4 nitrogen and oxygen atoms in total. The van der Waals surface area contributed by atoms with Crippen molar-refractivity contribution in [3.8, 4) is 11.5 Å². The summed E-state index contributed by atoms with van der Waals surface area (Å²) in [6.45, 7) is 6.82. The summed E-state index contributed by atoms with van der Waals surface area (Å²) in [7, 11) is 0. The molecule has 0 aromatic heterocycles. The van der Waals surface area contributed by atoms with E-state index in [1.54, 1.807) is 19.9 Å². The first-order valence-electron chi connectivity index (χ1n) is 5.46. The van der Waals surface area contributed by atoms with Crippen LogP contribution < -0.4 is 0 Å². The first-order valence-corrected chi connectivity index (χ1v) is 5.46. The number of rotatable bonds is 4. The predicted octanol–water partition coefficient (Wildman–Crippen LogP) is 2.84. The average molecular weight is 248 g/mol. The number of allylic oxidation sites excluding steroid dienone is 2. The number of carbonyl (C=O) groups is 1. The number of aliphatic carboxylic acids is 1. The van der Waals surface area contributed by atoms with E-state index in [1.807, 2.05) is 0 Å². The number of hydrogen-bond donors (Lipinski definition) is 3. The van der Waals surface area contributed by atoms with Gasteiger partial charge < -0.3 is 15.3 Å². The predicted molar refractivity (Wildman–Crippen MR) is 69.6 cm³/mol. The van der Waals surface area contributed by atoms with Crippen molar-refractivity contribution >= 4 is 11.5 Å². The summed E-state index contributed by atoms with van der Waals surface area (Å²) in [6.07, 6.45) is 1.75. The van der Waals surface area contributed by atoms with Crippen molar-refractivity contribution in [3.63, 3.8) is 0 Å². The third kappa shape index (κ3) is 2.53. The second-order valence-electron chi connectivity index (χ2n) is 4.01. The molecule has 0 spiro atoms. The van der Waals surface area contributed by atoms with Gasteiger partial charge in [0.25, 0.3) is 0 Å². The Morgan fingerprint density at radius 3 is 2.50 bits per heavy atom. The van der Waals surface area contributed by atoms with Gasteiger partial charge in [-0.2, -0.15) is 0 Å². The van der Waals surface area contributed by atoms with E-state index < -0.39 is 5.97 Å². The van der Waals surface area contributed by atoms with Crippen molar-refractivity contribution in [1.29, 1.82) is 0 Å². The zero-order valence-corrected chi connectivity index (χ0v) is 10.4. The average Bonchev–Trinajstić information content (AvgIpc) is 2.32. The zero-order chi connectivity index (χ0) is 13.9. The van der Waals surface area contributed by atoms with Gasteiger partial charge in [0.15, 0.2) is 11.5 Å². The lowest BCUT2D eigenvalue weighted by atomic mass is 9.95. The third-order valence-electron chi connectivity index (χ3n) is 2.87. The quantitative estimate of drug-likeness (QED) is 0.435. The summed E-state index contributed by atoms with van der Waals surface area (Å²) in [6, 6.07) is 2.93. The van der Waals surface area contributed by atoms with E-state index in [1.165, 1.54) is 12.1 Å². The maximum atomic E-state index is 11.1. The van der Waals surface area contributed by atoms with Crippen molar-refractivity contribution in [2.75, 3.05) is 0 Å². The lowest BCUT2D eigenvalue weighted by Crippen LogP contribution is -2.03. The Hall–Kier alpha value is -2.23. The molecule has 0 heterocycles. The molecule has 1 aromatic carbocycles. The van der Waals surface area contributed by atoms with Crippen LogP contribution in [0.25, 0.3) is 5.57 Å². The molecule has 0 saturated carbocycles. The van der Waals surface area contributed by atoms with Crippen molar-refractivity contribution < 1.29 is 20.1 Å². The normalized spacial score (nSPS) is 11.9. The van der Waals surface area contributed by atoms with Crippen LogP contribution in [-0.2, 0) is 4.79 Å². The van der Waals surface area contributed by atoms with E-state index >= 15 is 0 Å². The van der Waals surface area contributed by atoms with Crippen LogP contribution in [0.4, 0.5) is 0 Å². The van der Waals surface area contributed by atoms with Crippen LogP contribution in [0.5, 0.6) is 11.5 Å². The molecule has 1 rings (SSSR count). The van der Waals surface area contributed by atoms with Gasteiger partial charge in [-0.25, -0.2) is 4.79 Å². The monoisotopic (exact) mass is 248 g/mol. The molecule has 0 unspecified atom stereocenters. The minimum Gasteiger partial charge on any atom is -0.504 e. The number of aromatic hydroxyl groups is 2. The molecule has 1 aromatic rings. The molecule has 0 radical (unpaired) electrons. The van der Waals surface area contributed by atoms with Gasteiger partial charge in [-0.1, -0.05) is 12.1 Å². The van der Waals surface area contributed by atoms with Gasteiger partial charge in [-0.3, -0.25) is 0 Å².